The highest BCUT2D eigenvalue weighted by atomic mass is 16.5. The Balaban J connectivity index is 2.15. The van der Waals surface area contributed by atoms with Gasteiger partial charge in [-0.1, -0.05) is 18.7 Å². The van der Waals surface area contributed by atoms with Gasteiger partial charge in [0.05, 0.1) is 31.8 Å². The number of esters is 1. The molecule has 2 amide bonds. The molecule has 0 bridgehead atoms. The van der Waals surface area contributed by atoms with Gasteiger partial charge in [-0.2, -0.15) is 0 Å². The molecule has 1 aromatic carbocycles. The Morgan fingerprint density at radius 1 is 1.33 bits per heavy atom. The van der Waals surface area contributed by atoms with E-state index in [1.165, 1.54) is 0 Å². The van der Waals surface area contributed by atoms with Gasteiger partial charge in [0, 0.05) is 6.42 Å². The second-order valence-electron chi connectivity index (χ2n) is 5.23. The highest BCUT2D eigenvalue weighted by Crippen LogP contribution is 2.28. The maximum absolute atomic E-state index is 12.5. The van der Waals surface area contributed by atoms with E-state index in [0.29, 0.717) is 5.75 Å². The molecule has 0 aromatic heterocycles. The summed E-state index contributed by atoms with van der Waals surface area (Å²) in [6.45, 7) is 5.42. The zero-order valence-electron chi connectivity index (χ0n) is 13.7. The lowest BCUT2D eigenvalue weighted by Gasteiger charge is -2.15. The van der Waals surface area contributed by atoms with Gasteiger partial charge >= 0.3 is 5.97 Å². The lowest BCUT2D eigenvalue weighted by molar-refractivity contribution is -0.143. The molecule has 1 aromatic rings. The quantitative estimate of drug-likeness (QED) is 0.345. The topological polar surface area (TPSA) is 72.9 Å². The summed E-state index contributed by atoms with van der Waals surface area (Å²) in [6, 6.07) is 7.07. The summed E-state index contributed by atoms with van der Waals surface area (Å²) in [4.78, 5) is 37.8. The molecular formula is C18H19NO5. The number of hydrogen-bond donors (Lipinski definition) is 0. The lowest BCUT2D eigenvalue weighted by Crippen LogP contribution is -2.31. The molecule has 24 heavy (non-hydrogen) atoms. The van der Waals surface area contributed by atoms with Crippen LogP contribution in [0.2, 0.25) is 0 Å². The number of nitrogens with zero attached hydrogens (tertiary/aromatic N) is 1. The summed E-state index contributed by atoms with van der Waals surface area (Å²) >= 11 is 0. The summed E-state index contributed by atoms with van der Waals surface area (Å²) in [5.74, 6) is -1.62. The maximum atomic E-state index is 12.5. The van der Waals surface area contributed by atoms with Crippen LogP contribution >= 0.6 is 0 Å². The average Bonchev–Trinajstić information content (AvgIpc) is 2.85. The Morgan fingerprint density at radius 2 is 2.00 bits per heavy atom. The molecular weight excluding hydrogens is 310 g/mol. The Kier molecular flexibility index (Phi) is 5.55. The van der Waals surface area contributed by atoms with E-state index >= 15 is 0 Å². The summed E-state index contributed by atoms with van der Waals surface area (Å²) in [5, 5.41) is 0. The fourth-order valence-electron chi connectivity index (χ4n) is 2.53. The fourth-order valence-corrected chi connectivity index (χ4v) is 2.53. The van der Waals surface area contributed by atoms with E-state index in [1.807, 2.05) is 0 Å². The van der Waals surface area contributed by atoms with Crippen LogP contribution in [0.3, 0.4) is 0 Å². The molecule has 2 rings (SSSR count). The molecule has 1 atom stereocenters. The number of methoxy groups -OCH3 is 1. The Labute approximate surface area is 140 Å². The zero-order valence-corrected chi connectivity index (χ0v) is 13.7. The Morgan fingerprint density at radius 3 is 2.54 bits per heavy atom. The molecule has 1 aliphatic rings. The number of benzene rings is 1. The van der Waals surface area contributed by atoms with Gasteiger partial charge in [0.25, 0.3) is 0 Å². The minimum atomic E-state index is -0.882. The van der Waals surface area contributed by atoms with Crippen molar-refractivity contribution < 1.29 is 23.9 Å². The van der Waals surface area contributed by atoms with Crippen LogP contribution in [-0.2, 0) is 25.7 Å². The summed E-state index contributed by atoms with van der Waals surface area (Å²) in [6.07, 6.45) is -0.0777. The monoisotopic (exact) mass is 329 g/mol. The van der Waals surface area contributed by atoms with Crippen molar-refractivity contribution >= 4 is 17.8 Å². The van der Waals surface area contributed by atoms with Crippen LogP contribution in [0.4, 0.5) is 0 Å². The van der Waals surface area contributed by atoms with Crippen molar-refractivity contribution in [3.8, 4) is 5.75 Å². The van der Waals surface area contributed by atoms with E-state index in [-0.39, 0.29) is 31.1 Å². The van der Waals surface area contributed by atoms with Crippen LogP contribution in [-0.4, -0.2) is 36.4 Å². The molecule has 1 aliphatic heterocycles. The van der Waals surface area contributed by atoms with Crippen molar-refractivity contribution in [2.45, 2.75) is 19.9 Å². The van der Waals surface area contributed by atoms with Gasteiger partial charge in [-0.05, 0) is 24.6 Å². The highest BCUT2D eigenvalue weighted by molar-refractivity contribution is 6.09. The summed E-state index contributed by atoms with van der Waals surface area (Å²) < 4.78 is 9.97. The third-order valence-electron chi connectivity index (χ3n) is 3.78. The van der Waals surface area contributed by atoms with Crippen molar-refractivity contribution in [3.05, 3.63) is 47.7 Å². The molecule has 6 heteroatoms. The number of ether oxygens (including phenoxy) is 2. The van der Waals surface area contributed by atoms with E-state index < -0.39 is 17.8 Å². The predicted molar refractivity (Wildman–Crippen MR) is 85.9 cm³/mol. The fraction of sp³-hybridized carbons (Fsp3) is 0.333. The van der Waals surface area contributed by atoms with Crippen molar-refractivity contribution in [2.24, 2.45) is 5.92 Å². The van der Waals surface area contributed by atoms with Crippen LogP contribution in [0.25, 0.3) is 0 Å². The second-order valence-corrected chi connectivity index (χ2v) is 5.23. The first-order chi connectivity index (χ1) is 11.5. The van der Waals surface area contributed by atoms with Crippen molar-refractivity contribution in [1.82, 2.24) is 4.90 Å². The second kappa shape index (κ2) is 7.62. The van der Waals surface area contributed by atoms with Gasteiger partial charge in [-0.3, -0.25) is 14.5 Å². The van der Waals surface area contributed by atoms with Gasteiger partial charge in [-0.15, -0.1) is 5.73 Å². The number of imide groups is 1. The molecule has 0 spiro atoms. The van der Waals surface area contributed by atoms with Crippen LogP contribution < -0.4 is 4.74 Å². The largest absolute Gasteiger partial charge is 0.497 e. The van der Waals surface area contributed by atoms with Crippen molar-refractivity contribution in [2.75, 3.05) is 13.7 Å². The van der Waals surface area contributed by atoms with E-state index in [4.69, 9.17) is 9.47 Å². The zero-order chi connectivity index (χ0) is 17.7. The number of amides is 2. The van der Waals surface area contributed by atoms with Crippen LogP contribution in [0, 0.1) is 5.92 Å². The average molecular weight is 329 g/mol. The number of carbonyl (C=O) groups excluding carboxylic acids is 3. The first-order valence-corrected chi connectivity index (χ1v) is 7.56. The van der Waals surface area contributed by atoms with E-state index in [1.54, 1.807) is 38.3 Å². The SMILES string of the molecule is C=C=C(C(=O)OCC)[C@H]1CC(=O)N(Cc2ccc(OC)cc2)C1=O. The van der Waals surface area contributed by atoms with Crippen LogP contribution in [0.1, 0.15) is 18.9 Å². The third kappa shape index (κ3) is 3.55. The molecule has 0 aliphatic carbocycles. The molecule has 1 saturated heterocycles. The first-order valence-electron chi connectivity index (χ1n) is 7.56. The number of carbonyl (C=O) groups is 3. The Hall–Kier alpha value is -2.85. The molecule has 0 radical (unpaired) electrons. The molecule has 0 saturated carbocycles. The van der Waals surface area contributed by atoms with E-state index in [9.17, 15) is 14.4 Å². The van der Waals surface area contributed by atoms with Gasteiger partial charge in [-0.25, -0.2) is 4.79 Å². The number of likely N-dealkylation sites (tertiary alicyclic amines) is 1. The molecule has 6 nitrogen and oxygen atoms in total. The van der Waals surface area contributed by atoms with Gasteiger partial charge in [0.15, 0.2) is 0 Å². The number of rotatable bonds is 6. The standard InChI is InChI=1S/C18H19NO5/c1-4-14(18(22)24-5-2)15-10-16(20)19(17(15)21)11-12-6-8-13(23-3)9-7-12/h6-9,15H,1,5,10-11H2,2-3H3/t15-/m1/s1. The summed E-state index contributed by atoms with van der Waals surface area (Å²) in [7, 11) is 1.56. The molecule has 0 unspecified atom stereocenters. The first kappa shape index (κ1) is 17.5. The highest BCUT2D eigenvalue weighted by Gasteiger charge is 2.42. The normalized spacial score (nSPS) is 16.8. The van der Waals surface area contributed by atoms with Gasteiger partial charge in [0.2, 0.25) is 11.8 Å². The molecule has 1 heterocycles. The van der Waals surface area contributed by atoms with Gasteiger partial charge < -0.3 is 9.47 Å². The smallest absolute Gasteiger partial charge is 0.342 e. The molecule has 1 fully saturated rings. The van der Waals surface area contributed by atoms with Crippen LogP contribution in [0.5, 0.6) is 5.75 Å². The van der Waals surface area contributed by atoms with E-state index in [0.717, 1.165) is 10.5 Å². The maximum Gasteiger partial charge on any atom is 0.342 e. The van der Waals surface area contributed by atoms with Gasteiger partial charge in [0.1, 0.15) is 5.75 Å². The van der Waals surface area contributed by atoms with E-state index in [2.05, 4.69) is 12.3 Å². The molecule has 0 N–H and O–H groups in total. The van der Waals surface area contributed by atoms with Crippen LogP contribution in [0.15, 0.2) is 42.1 Å². The Bertz CT molecular complexity index is 701. The van der Waals surface area contributed by atoms with Crippen molar-refractivity contribution in [3.63, 3.8) is 0 Å². The summed E-state index contributed by atoms with van der Waals surface area (Å²) in [5.41, 5.74) is 3.25. The molecule has 126 valence electrons. The number of hydrogen-bond acceptors (Lipinski definition) is 5. The minimum Gasteiger partial charge on any atom is -0.497 e. The van der Waals surface area contributed by atoms with Crippen molar-refractivity contribution in [1.29, 1.82) is 0 Å². The minimum absolute atomic E-state index is 0.00688. The predicted octanol–water partition coefficient (Wildman–Crippen LogP) is 1.84. The third-order valence-corrected chi connectivity index (χ3v) is 3.78. The lowest BCUT2D eigenvalue weighted by atomic mass is 9.98.